The van der Waals surface area contributed by atoms with E-state index < -0.39 is 0 Å². The number of nitrogens with one attached hydrogen (secondary N) is 1. The lowest BCUT2D eigenvalue weighted by atomic mass is 10.2. The van der Waals surface area contributed by atoms with Gasteiger partial charge in [0, 0.05) is 10.9 Å². The SMILES string of the molecule is C/C=C/C(=O)Nc1nc2scc(-c3ccc(OC)cc3)n2n1. The van der Waals surface area contributed by atoms with E-state index in [1.807, 2.05) is 29.6 Å². The Morgan fingerprint density at radius 1 is 1.36 bits per heavy atom. The minimum Gasteiger partial charge on any atom is -0.497 e. The molecule has 1 aromatic carbocycles. The van der Waals surface area contributed by atoms with Crippen molar-refractivity contribution in [1.29, 1.82) is 0 Å². The first-order valence-corrected chi connectivity index (χ1v) is 7.51. The number of anilines is 1. The van der Waals surface area contributed by atoms with Crippen LogP contribution in [0.25, 0.3) is 16.2 Å². The van der Waals surface area contributed by atoms with E-state index in [0.717, 1.165) is 22.0 Å². The van der Waals surface area contributed by atoms with Crippen molar-refractivity contribution in [3.8, 4) is 17.0 Å². The first-order valence-electron chi connectivity index (χ1n) is 6.63. The van der Waals surface area contributed by atoms with Gasteiger partial charge < -0.3 is 4.74 Å². The van der Waals surface area contributed by atoms with Gasteiger partial charge in [0.2, 0.25) is 10.9 Å². The highest BCUT2D eigenvalue weighted by molar-refractivity contribution is 7.15. The Hall–Kier alpha value is -2.67. The molecule has 0 saturated heterocycles. The number of methoxy groups -OCH3 is 1. The summed E-state index contributed by atoms with van der Waals surface area (Å²) in [6.07, 6.45) is 3.09. The second-order valence-corrected chi connectivity index (χ2v) is 5.31. The van der Waals surface area contributed by atoms with Crippen LogP contribution in [0.3, 0.4) is 0 Å². The van der Waals surface area contributed by atoms with E-state index in [1.54, 1.807) is 24.6 Å². The van der Waals surface area contributed by atoms with Crippen LogP contribution in [0.2, 0.25) is 0 Å². The van der Waals surface area contributed by atoms with Gasteiger partial charge in [-0.1, -0.05) is 6.08 Å². The van der Waals surface area contributed by atoms with Gasteiger partial charge in [-0.2, -0.15) is 4.98 Å². The number of nitrogens with zero attached hydrogens (tertiary/aromatic N) is 3. The third-order valence-corrected chi connectivity index (χ3v) is 3.84. The molecule has 7 heteroatoms. The fraction of sp³-hybridized carbons (Fsp3) is 0.133. The average molecular weight is 314 g/mol. The summed E-state index contributed by atoms with van der Waals surface area (Å²) in [6, 6.07) is 7.70. The fourth-order valence-corrected chi connectivity index (χ4v) is 2.83. The predicted molar refractivity (Wildman–Crippen MR) is 86.3 cm³/mol. The minimum atomic E-state index is -0.244. The molecule has 0 aliphatic carbocycles. The van der Waals surface area contributed by atoms with Gasteiger partial charge in [-0.15, -0.1) is 16.4 Å². The number of amides is 1. The average Bonchev–Trinajstić information content (AvgIpc) is 3.07. The van der Waals surface area contributed by atoms with Crippen molar-refractivity contribution in [2.24, 2.45) is 0 Å². The quantitative estimate of drug-likeness (QED) is 0.752. The second kappa shape index (κ2) is 5.98. The number of hydrogen-bond donors (Lipinski definition) is 1. The molecule has 112 valence electrons. The summed E-state index contributed by atoms with van der Waals surface area (Å²) in [5, 5.41) is 8.95. The maximum atomic E-state index is 11.5. The molecule has 0 aliphatic heterocycles. The molecule has 22 heavy (non-hydrogen) atoms. The summed E-state index contributed by atoms with van der Waals surface area (Å²) in [7, 11) is 1.63. The van der Waals surface area contributed by atoms with Gasteiger partial charge in [0.15, 0.2) is 0 Å². The molecule has 3 aromatic rings. The first-order chi connectivity index (χ1) is 10.7. The lowest BCUT2D eigenvalue weighted by molar-refractivity contribution is -0.111. The summed E-state index contributed by atoms with van der Waals surface area (Å²) in [5.74, 6) is 0.851. The monoisotopic (exact) mass is 314 g/mol. The molecule has 0 atom stereocenters. The van der Waals surface area contributed by atoms with E-state index in [0.29, 0.717) is 5.95 Å². The molecule has 1 N–H and O–H groups in total. The molecule has 0 aliphatic rings. The number of fused-ring (bicyclic) bond motifs is 1. The number of hydrogen-bond acceptors (Lipinski definition) is 5. The number of thiazole rings is 1. The first kappa shape index (κ1) is 14.3. The van der Waals surface area contributed by atoms with Crippen LogP contribution in [0.4, 0.5) is 5.95 Å². The van der Waals surface area contributed by atoms with Crippen LogP contribution in [0.5, 0.6) is 5.75 Å². The van der Waals surface area contributed by atoms with Gasteiger partial charge in [0.05, 0.1) is 12.8 Å². The number of carbonyl (C=O) groups is 1. The van der Waals surface area contributed by atoms with Crippen molar-refractivity contribution >= 4 is 28.2 Å². The second-order valence-electron chi connectivity index (χ2n) is 4.47. The van der Waals surface area contributed by atoms with Gasteiger partial charge in [-0.3, -0.25) is 10.1 Å². The highest BCUT2D eigenvalue weighted by Gasteiger charge is 2.12. The highest BCUT2D eigenvalue weighted by Crippen LogP contribution is 2.27. The molecule has 1 amide bonds. The normalized spacial score (nSPS) is 11.2. The Bertz CT molecular complexity index is 833. The third-order valence-electron chi connectivity index (χ3n) is 3.02. The molecular formula is C15H14N4O2S. The number of benzene rings is 1. The van der Waals surface area contributed by atoms with Gasteiger partial charge >= 0.3 is 0 Å². The molecular weight excluding hydrogens is 300 g/mol. The van der Waals surface area contributed by atoms with Crippen molar-refractivity contribution in [2.45, 2.75) is 6.92 Å². The van der Waals surface area contributed by atoms with Gasteiger partial charge in [-0.05, 0) is 37.3 Å². The zero-order valence-electron chi connectivity index (χ0n) is 12.1. The molecule has 0 unspecified atom stereocenters. The molecule has 0 fully saturated rings. The number of ether oxygens (including phenoxy) is 1. The largest absolute Gasteiger partial charge is 0.497 e. The Kier molecular flexibility index (Phi) is 3.88. The Balaban J connectivity index is 1.93. The fourth-order valence-electron chi connectivity index (χ4n) is 2.00. The van der Waals surface area contributed by atoms with E-state index in [4.69, 9.17) is 4.74 Å². The maximum Gasteiger partial charge on any atom is 0.250 e. The maximum absolute atomic E-state index is 11.5. The lowest BCUT2D eigenvalue weighted by Crippen LogP contribution is -2.09. The molecule has 0 spiro atoms. The summed E-state index contributed by atoms with van der Waals surface area (Å²) in [5.41, 5.74) is 1.92. The van der Waals surface area contributed by atoms with Crippen molar-refractivity contribution < 1.29 is 9.53 Å². The summed E-state index contributed by atoms with van der Waals surface area (Å²) >= 11 is 1.47. The van der Waals surface area contributed by atoms with E-state index in [-0.39, 0.29) is 5.91 Å². The third kappa shape index (κ3) is 2.71. The lowest BCUT2D eigenvalue weighted by Gasteiger charge is -2.01. The molecule has 0 saturated carbocycles. The molecule has 2 heterocycles. The Labute approximate surface area is 131 Å². The number of aromatic nitrogens is 3. The number of rotatable bonds is 4. The topological polar surface area (TPSA) is 68.5 Å². The number of allylic oxidation sites excluding steroid dienone is 1. The number of carbonyl (C=O) groups excluding carboxylic acids is 1. The van der Waals surface area contributed by atoms with Gasteiger partial charge in [-0.25, -0.2) is 4.52 Å². The van der Waals surface area contributed by atoms with Crippen LogP contribution in [-0.4, -0.2) is 27.6 Å². The van der Waals surface area contributed by atoms with Crippen molar-refractivity contribution in [3.63, 3.8) is 0 Å². The van der Waals surface area contributed by atoms with Crippen molar-refractivity contribution in [3.05, 3.63) is 41.8 Å². The van der Waals surface area contributed by atoms with Crippen LogP contribution in [0, 0.1) is 0 Å². The minimum absolute atomic E-state index is 0.244. The molecule has 6 nitrogen and oxygen atoms in total. The van der Waals surface area contributed by atoms with Gasteiger partial charge in [0.25, 0.3) is 5.95 Å². The van der Waals surface area contributed by atoms with Crippen LogP contribution in [-0.2, 0) is 4.79 Å². The summed E-state index contributed by atoms with van der Waals surface area (Å²) in [6.45, 7) is 1.78. The van der Waals surface area contributed by atoms with Crippen LogP contribution in [0.1, 0.15) is 6.92 Å². The van der Waals surface area contributed by atoms with Crippen molar-refractivity contribution in [2.75, 3.05) is 12.4 Å². The van der Waals surface area contributed by atoms with E-state index in [9.17, 15) is 4.79 Å². The molecule has 2 aromatic heterocycles. The summed E-state index contributed by atoms with van der Waals surface area (Å²) in [4.78, 5) is 16.6. The van der Waals surface area contributed by atoms with Crippen LogP contribution in [0.15, 0.2) is 41.8 Å². The van der Waals surface area contributed by atoms with Crippen LogP contribution >= 0.6 is 11.3 Å². The molecule has 3 rings (SSSR count). The molecule has 0 bridgehead atoms. The summed E-state index contributed by atoms with van der Waals surface area (Å²) < 4.78 is 6.88. The Morgan fingerprint density at radius 3 is 2.82 bits per heavy atom. The zero-order chi connectivity index (χ0) is 15.5. The smallest absolute Gasteiger partial charge is 0.250 e. The highest BCUT2D eigenvalue weighted by atomic mass is 32.1. The van der Waals surface area contributed by atoms with Crippen LogP contribution < -0.4 is 10.1 Å². The Morgan fingerprint density at radius 2 is 2.14 bits per heavy atom. The van der Waals surface area contributed by atoms with E-state index in [2.05, 4.69) is 15.4 Å². The van der Waals surface area contributed by atoms with E-state index >= 15 is 0 Å². The van der Waals surface area contributed by atoms with Crippen molar-refractivity contribution in [1.82, 2.24) is 14.6 Å². The standard InChI is InChI=1S/C15H14N4O2S/c1-3-4-13(20)16-14-17-15-19(18-14)12(9-22-15)10-5-7-11(21-2)8-6-10/h3-9H,1-2H3,(H,16,18,20)/b4-3+. The van der Waals surface area contributed by atoms with Gasteiger partial charge in [0.1, 0.15) is 5.75 Å². The predicted octanol–water partition coefficient (Wildman–Crippen LogP) is 2.98. The molecule has 0 radical (unpaired) electrons. The zero-order valence-corrected chi connectivity index (χ0v) is 12.9. The van der Waals surface area contributed by atoms with E-state index in [1.165, 1.54) is 17.4 Å².